The first kappa shape index (κ1) is 18.5. The minimum atomic E-state index is 0.762. The van der Waals surface area contributed by atoms with Crippen LogP contribution in [0.15, 0.2) is 24.3 Å². The lowest BCUT2D eigenvalue weighted by Gasteiger charge is -2.46. The molecule has 3 saturated heterocycles. The summed E-state index contributed by atoms with van der Waals surface area (Å²) >= 11 is 2.14. The average Bonchev–Trinajstić information content (AvgIpc) is 2.74. The number of thioether (sulfide) groups is 1. The Morgan fingerprint density at radius 1 is 0.885 bits per heavy atom. The van der Waals surface area contributed by atoms with E-state index in [1.165, 1.54) is 69.1 Å². The molecule has 0 bridgehead atoms. The van der Waals surface area contributed by atoms with E-state index in [1.807, 2.05) is 0 Å². The van der Waals surface area contributed by atoms with Crippen molar-refractivity contribution in [3.63, 3.8) is 0 Å². The van der Waals surface area contributed by atoms with Crippen molar-refractivity contribution in [3.8, 4) is 5.75 Å². The van der Waals surface area contributed by atoms with Crippen molar-refractivity contribution in [1.82, 2.24) is 9.80 Å². The lowest BCUT2D eigenvalue weighted by molar-refractivity contribution is 0.0645. The lowest BCUT2D eigenvalue weighted by atomic mass is 9.99. The van der Waals surface area contributed by atoms with Gasteiger partial charge in [-0.3, -0.25) is 9.80 Å². The van der Waals surface area contributed by atoms with Gasteiger partial charge in [0.25, 0.3) is 0 Å². The molecular formula is C21H33N3OS. The third kappa shape index (κ3) is 4.15. The smallest absolute Gasteiger partial charge is 0.142 e. The maximum Gasteiger partial charge on any atom is 0.142 e. The van der Waals surface area contributed by atoms with Gasteiger partial charge < -0.3 is 9.64 Å². The molecule has 0 radical (unpaired) electrons. The van der Waals surface area contributed by atoms with Crippen LogP contribution in [0.5, 0.6) is 5.75 Å². The molecule has 0 amide bonds. The fourth-order valence-electron chi connectivity index (χ4n) is 4.88. The van der Waals surface area contributed by atoms with Gasteiger partial charge >= 0.3 is 0 Å². The molecule has 4 rings (SSSR count). The molecule has 3 heterocycles. The van der Waals surface area contributed by atoms with Gasteiger partial charge in [-0.25, -0.2) is 0 Å². The number of nitrogens with zero attached hydrogens (tertiary/aromatic N) is 3. The molecule has 0 spiro atoms. The van der Waals surface area contributed by atoms with Crippen LogP contribution >= 0.6 is 11.8 Å². The number of para-hydroxylation sites is 2. The van der Waals surface area contributed by atoms with Gasteiger partial charge in [-0.1, -0.05) is 12.1 Å². The van der Waals surface area contributed by atoms with Gasteiger partial charge in [-0.05, 0) is 55.9 Å². The van der Waals surface area contributed by atoms with Gasteiger partial charge in [0.05, 0.1) is 12.8 Å². The average molecular weight is 376 g/mol. The highest BCUT2D eigenvalue weighted by atomic mass is 32.2. The van der Waals surface area contributed by atoms with Crippen LogP contribution in [0, 0.1) is 0 Å². The Hall–Kier alpha value is -0.910. The minimum Gasteiger partial charge on any atom is -0.495 e. The van der Waals surface area contributed by atoms with Gasteiger partial charge in [0, 0.05) is 44.8 Å². The zero-order chi connectivity index (χ0) is 17.8. The van der Waals surface area contributed by atoms with E-state index < -0.39 is 0 Å². The summed E-state index contributed by atoms with van der Waals surface area (Å²) in [7, 11) is 1.77. The molecule has 0 aliphatic carbocycles. The summed E-state index contributed by atoms with van der Waals surface area (Å²) in [5.74, 6) is 3.73. The minimum absolute atomic E-state index is 0.762. The Kier molecular flexibility index (Phi) is 6.28. The summed E-state index contributed by atoms with van der Waals surface area (Å²) in [6.07, 6.45) is 5.56. The van der Waals surface area contributed by atoms with Crippen LogP contribution in [0.4, 0.5) is 5.69 Å². The van der Waals surface area contributed by atoms with Crippen LogP contribution in [0.3, 0.4) is 0 Å². The first-order chi connectivity index (χ1) is 12.8. The number of benzene rings is 1. The molecule has 0 unspecified atom stereocenters. The second-order valence-electron chi connectivity index (χ2n) is 7.83. The van der Waals surface area contributed by atoms with E-state index in [1.54, 1.807) is 7.11 Å². The number of piperidine rings is 1. The van der Waals surface area contributed by atoms with Crippen LogP contribution in [0.1, 0.15) is 25.7 Å². The van der Waals surface area contributed by atoms with E-state index in [4.69, 9.17) is 4.74 Å². The number of ether oxygens (including phenoxy) is 1. The summed E-state index contributed by atoms with van der Waals surface area (Å²) in [4.78, 5) is 8.07. The summed E-state index contributed by atoms with van der Waals surface area (Å²) in [6, 6.07) is 10.1. The number of rotatable bonds is 4. The van der Waals surface area contributed by atoms with Gasteiger partial charge in [0.15, 0.2) is 0 Å². The van der Waals surface area contributed by atoms with Crippen molar-refractivity contribution in [2.75, 3.05) is 62.8 Å². The Labute approximate surface area is 162 Å². The molecule has 3 aliphatic rings. The molecule has 0 saturated carbocycles. The van der Waals surface area contributed by atoms with E-state index in [0.29, 0.717) is 0 Å². The molecule has 144 valence electrons. The number of likely N-dealkylation sites (tertiary alicyclic amines) is 1. The quantitative estimate of drug-likeness (QED) is 0.802. The highest BCUT2D eigenvalue weighted by Gasteiger charge is 2.31. The number of hydrogen-bond acceptors (Lipinski definition) is 5. The Morgan fingerprint density at radius 2 is 1.65 bits per heavy atom. The number of hydrogen-bond donors (Lipinski definition) is 0. The van der Waals surface area contributed by atoms with E-state index >= 15 is 0 Å². The standard InChI is InChI=1S/C21H33N3OS/c1-25-21-7-3-2-6-20(21)23-13-11-22(12-14-23)19-5-4-10-24(17-19)18-8-15-26-16-9-18/h2-3,6-7,18-19H,4-5,8-17H2,1H3/t19-/m0/s1. The zero-order valence-electron chi connectivity index (χ0n) is 16.1. The van der Waals surface area contributed by atoms with Gasteiger partial charge in [0.1, 0.15) is 5.75 Å². The van der Waals surface area contributed by atoms with Gasteiger partial charge in [0.2, 0.25) is 0 Å². The summed E-state index contributed by atoms with van der Waals surface area (Å²) < 4.78 is 5.56. The molecule has 0 N–H and O–H groups in total. The summed E-state index contributed by atoms with van der Waals surface area (Å²) in [5, 5.41) is 0. The molecule has 0 aromatic heterocycles. The highest BCUT2D eigenvalue weighted by molar-refractivity contribution is 7.99. The van der Waals surface area contributed by atoms with Crippen LogP contribution in [-0.4, -0.2) is 79.8 Å². The summed E-state index contributed by atoms with van der Waals surface area (Å²) in [5.41, 5.74) is 1.25. The van der Waals surface area contributed by atoms with E-state index in [9.17, 15) is 0 Å². The van der Waals surface area contributed by atoms with Crippen LogP contribution in [0.25, 0.3) is 0 Å². The van der Waals surface area contributed by atoms with Crippen molar-refractivity contribution in [2.24, 2.45) is 0 Å². The molecule has 1 atom stereocenters. The SMILES string of the molecule is COc1ccccc1N1CCN([C@H]2CCCN(C3CCSCC3)C2)CC1. The normalized spacial score (nSPS) is 26.8. The second kappa shape index (κ2) is 8.85. The predicted octanol–water partition coefficient (Wildman–Crippen LogP) is 3.18. The maximum absolute atomic E-state index is 5.56. The van der Waals surface area contributed by atoms with Gasteiger partial charge in [-0.2, -0.15) is 11.8 Å². The Bertz CT molecular complexity index is 570. The lowest BCUT2D eigenvalue weighted by Crippen LogP contribution is -2.56. The number of methoxy groups -OCH3 is 1. The van der Waals surface area contributed by atoms with Crippen molar-refractivity contribution in [3.05, 3.63) is 24.3 Å². The van der Waals surface area contributed by atoms with Crippen molar-refractivity contribution in [1.29, 1.82) is 0 Å². The third-order valence-corrected chi connectivity index (χ3v) is 7.44. The fourth-order valence-corrected chi connectivity index (χ4v) is 5.96. The number of piperazine rings is 1. The molecule has 26 heavy (non-hydrogen) atoms. The van der Waals surface area contributed by atoms with Crippen molar-refractivity contribution in [2.45, 2.75) is 37.8 Å². The van der Waals surface area contributed by atoms with E-state index in [2.05, 4.69) is 50.7 Å². The molecule has 4 nitrogen and oxygen atoms in total. The van der Waals surface area contributed by atoms with Crippen LogP contribution in [0.2, 0.25) is 0 Å². The molecular weight excluding hydrogens is 342 g/mol. The van der Waals surface area contributed by atoms with Gasteiger partial charge in [-0.15, -0.1) is 0 Å². The second-order valence-corrected chi connectivity index (χ2v) is 9.05. The Morgan fingerprint density at radius 3 is 2.42 bits per heavy atom. The Balaban J connectivity index is 1.32. The molecule has 3 aliphatic heterocycles. The molecule has 3 fully saturated rings. The predicted molar refractivity (Wildman–Crippen MR) is 112 cm³/mol. The van der Waals surface area contributed by atoms with E-state index in [0.717, 1.165) is 30.9 Å². The zero-order valence-corrected chi connectivity index (χ0v) is 16.9. The monoisotopic (exact) mass is 375 g/mol. The van der Waals surface area contributed by atoms with Crippen molar-refractivity contribution < 1.29 is 4.74 Å². The molecule has 1 aromatic rings. The highest BCUT2D eigenvalue weighted by Crippen LogP contribution is 2.30. The topological polar surface area (TPSA) is 19.0 Å². The largest absolute Gasteiger partial charge is 0.495 e. The molecule has 1 aromatic carbocycles. The number of anilines is 1. The first-order valence-electron chi connectivity index (χ1n) is 10.3. The molecule has 5 heteroatoms. The van der Waals surface area contributed by atoms with E-state index in [-0.39, 0.29) is 0 Å². The van der Waals surface area contributed by atoms with Crippen LogP contribution < -0.4 is 9.64 Å². The first-order valence-corrected chi connectivity index (χ1v) is 11.4. The third-order valence-electron chi connectivity index (χ3n) is 6.39. The van der Waals surface area contributed by atoms with Crippen LogP contribution in [-0.2, 0) is 0 Å². The summed E-state index contributed by atoms with van der Waals surface area (Å²) in [6.45, 7) is 7.19. The van der Waals surface area contributed by atoms with Crippen molar-refractivity contribution >= 4 is 17.4 Å². The maximum atomic E-state index is 5.56. The fraction of sp³-hybridized carbons (Fsp3) is 0.714.